The largest absolute Gasteiger partial charge is 0.380 e. The second-order valence-corrected chi connectivity index (χ2v) is 6.77. The fourth-order valence-electron chi connectivity index (χ4n) is 2.51. The van der Waals surface area contributed by atoms with Gasteiger partial charge in [0.25, 0.3) is 0 Å². The molecule has 1 aromatic carbocycles. The maximum absolute atomic E-state index is 6.08. The Hall–Kier alpha value is -0.770. The van der Waals surface area contributed by atoms with Crippen molar-refractivity contribution in [2.75, 3.05) is 5.32 Å². The molecular weight excluding hydrogens is 359 g/mol. The fourth-order valence-corrected chi connectivity index (χ4v) is 3.20. The molecule has 0 aliphatic heterocycles. The van der Waals surface area contributed by atoms with Crippen molar-refractivity contribution in [1.29, 1.82) is 0 Å². The number of rotatable bonds is 3. The van der Waals surface area contributed by atoms with Crippen molar-refractivity contribution >= 4 is 44.8 Å². The summed E-state index contributed by atoms with van der Waals surface area (Å²) >= 11 is 15.5. The van der Waals surface area contributed by atoms with E-state index in [4.69, 9.17) is 23.2 Å². The smallest absolute Gasteiger partial charge is 0.152 e. The van der Waals surface area contributed by atoms with Crippen LogP contribution >= 0.6 is 39.1 Å². The number of hydrogen-bond donors (Lipinski definition) is 1. The highest BCUT2D eigenvalue weighted by atomic mass is 79.9. The van der Waals surface area contributed by atoms with E-state index >= 15 is 0 Å². The highest BCUT2D eigenvalue weighted by Gasteiger charge is 2.30. The molecule has 0 radical (unpaired) electrons. The van der Waals surface area contributed by atoms with E-state index in [9.17, 15) is 0 Å². The molecule has 0 bridgehead atoms. The summed E-state index contributed by atoms with van der Waals surface area (Å²) in [7, 11) is 0. The molecule has 0 saturated heterocycles. The topological polar surface area (TPSA) is 24.9 Å². The summed E-state index contributed by atoms with van der Waals surface area (Å²) in [5.41, 5.74) is 2.20. The monoisotopic (exact) mass is 370 g/mol. The van der Waals surface area contributed by atoms with Crippen LogP contribution in [0.4, 0.5) is 5.69 Å². The molecule has 0 atom stereocenters. The molecule has 1 heterocycles. The van der Waals surface area contributed by atoms with Gasteiger partial charge in [-0.1, -0.05) is 35.3 Å². The standard InChI is InChI=1S/C15H13BrCl2N2/c16-11-7-14(15(18)19-8-11)20-13-5-10(6-13)9-2-1-3-12(17)4-9/h1-4,7-8,10,13,20H,5-6H2. The normalized spacial score (nSPS) is 21.4. The Morgan fingerprint density at radius 2 is 2.00 bits per heavy atom. The summed E-state index contributed by atoms with van der Waals surface area (Å²) in [4.78, 5) is 4.12. The van der Waals surface area contributed by atoms with Crippen LogP contribution in [0.25, 0.3) is 0 Å². The lowest BCUT2D eigenvalue weighted by Crippen LogP contribution is -2.34. The van der Waals surface area contributed by atoms with Gasteiger partial charge in [0.15, 0.2) is 5.15 Å². The van der Waals surface area contributed by atoms with Crippen LogP contribution in [0.5, 0.6) is 0 Å². The molecule has 104 valence electrons. The molecule has 0 amide bonds. The molecule has 2 nitrogen and oxygen atoms in total. The summed E-state index contributed by atoms with van der Waals surface area (Å²) in [6.45, 7) is 0. The molecular formula is C15H13BrCl2N2. The van der Waals surface area contributed by atoms with E-state index < -0.39 is 0 Å². The van der Waals surface area contributed by atoms with E-state index in [1.54, 1.807) is 6.20 Å². The Morgan fingerprint density at radius 1 is 1.20 bits per heavy atom. The van der Waals surface area contributed by atoms with E-state index in [-0.39, 0.29) is 0 Å². The molecule has 1 saturated carbocycles. The number of anilines is 1. The molecule has 1 fully saturated rings. The van der Waals surface area contributed by atoms with Crippen LogP contribution in [0.3, 0.4) is 0 Å². The van der Waals surface area contributed by atoms with Gasteiger partial charge >= 0.3 is 0 Å². The summed E-state index contributed by atoms with van der Waals surface area (Å²) in [5, 5.41) is 4.76. The molecule has 1 aliphatic carbocycles. The lowest BCUT2D eigenvalue weighted by atomic mass is 9.76. The van der Waals surface area contributed by atoms with Gasteiger partial charge in [-0.3, -0.25) is 0 Å². The number of halogens is 3. The number of aromatic nitrogens is 1. The van der Waals surface area contributed by atoms with Gasteiger partial charge in [0.05, 0.1) is 5.69 Å². The van der Waals surface area contributed by atoms with E-state index in [1.807, 2.05) is 18.2 Å². The Bertz CT molecular complexity index is 627. The van der Waals surface area contributed by atoms with Gasteiger partial charge in [-0.25, -0.2) is 4.98 Å². The van der Waals surface area contributed by atoms with Gasteiger partial charge in [0, 0.05) is 21.7 Å². The number of benzene rings is 1. The summed E-state index contributed by atoms with van der Waals surface area (Å²) in [5.74, 6) is 0.574. The van der Waals surface area contributed by atoms with E-state index in [2.05, 4.69) is 38.4 Å². The SMILES string of the molecule is Clc1cccc(C2CC(Nc3cc(Br)cnc3Cl)C2)c1. The number of nitrogens with zero attached hydrogens (tertiary/aromatic N) is 1. The Morgan fingerprint density at radius 3 is 2.75 bits per heavy atom. The Labute approximate surface area is 136 Å². The van der Waals surface area contributed by atoms with Crippen LogP contribution < -0.4 is 5.32 Å². The number of pyridine rings is 1. The molecule has 2 aromatic rings. The zero-order valence-electron chi connectivity index (χ0n) is 10.6. The highest BCUT2D eigenvalue weighted by Crippen LogP contribution is 2.40. The molecule has 0 unspecified atom stereocenters. The highest BCUT2D eigenvalue weighted by molar-refractivity contribution is 9.10. The summed E-state index contributed by atoms with van der Waals surface area (Å²) in [6, 6.07) is 10.5. The van der Waals surface area contributed by atoms with Crippen molar-refractivity contribution in [1.82, 2.24) is 4.98 Å². The summed E-state index contributed by atoms with van der Waals surface area (Å²) < 4.78 is 0.926. The Balaban J connectivity index is 1.62. The first-order valence-electron chi connectivity index (χ1n) is 6.45. The van der Waals surface area contributed by atoms with Gasteiger partial charge < -0.3 is 5.32 Å². The van der Waals surface area contributed by atoms with Crippen molar-refractivity contribution in [3.05, 3.63) is 56.7 Å². The van der Waals surface area contributed by atoms with E-state index in [0.29, 0.717) is 17.1 Å². The van der Waals surface area contributed by atoms with Crippen molar-refractivity contribution in [3.8, 4) is 0 Å². The lowest BCUT2D eigenvalue weighted by Gasteiger charge is -2.37. The third-order valence-corrected chi connectivity index (χ3v) is 4.59. The summed E-state index contributed by atoms with van der Waals surface area (Å²) in [6.07, 6.45) is 3.87. The number of nitrogens with one attached hydrogen (secondary N) is 1. The van der Waals surface area contributed by atoms with Gasteiger partial charge in [0.2, 0.25) is 0 Å². The van der Waals surface area contributed by atoms with Crippen LogP contribution in [0, 0.1) is 0 Å². The molecule has 1 N–H and O–H groups in total. The van der Waals surface area contributed by atoms with E-state index in [0.717, 1.165) is 28.0 Å². The molecule has 0 spiro atoms. The first-order chi connectivity index (χ1) is 9.61. The van der Waals surface area contributed by atoms with Crippen LogP contribution in [-0.2, 0) is 0 Å². The van der Waals surface area contributed by atoms with Crippen LogP contribution in [-0.4, -0.2) is 11.0 Å². The second-order valence-electron chi connectivity index (χ2n) is 5.06. The second kappa shape index (κ2) is 5.92. The molecule has 20 heavy (non-hydrogen) atoms. The van der Waals surface area contributed by atoms with Crippen molar-refractivity contribution in [2.24, 2.45) is 0 Å². The van der Waals surface area contributed by atoms with Gasteiger partial charge in [-0.05, 0) is 58.5 Å². The maximum atomic E-state index is 6.08. The van der Waals surface area contributed by atoms with Gasteiger partial charge in [-0.2, -0.15) is 0 Å². The minimum atomic E-state index is 0.438. The predicted octanol–water partition coefficient (Wildman–Crippen LogP) is 5.51. The quantitative estimate of drug-likeness (QED) is 0.719. The minimum absolute atomic E-state index is 0.438. The average molecular weight is 372 g/mol. The van der Waals surface area contributed by atoms with Crippen LogP contribution in [0.2, 0.25) is 10.2 Å². The Kier molecular flexibility index (Phi) is 4.20. The van der Waals surface area contributed by atoms with Crippen molar-refractivity contribution in [3.63, 3.8) is 0 Å². The van der Waals surface area contributed by atoms with Crippen LogP contribution in [0.15, 0.2) is 41.0 Å². The molecule has 5 heteroatoms. The maximum Gasteiger partial charge on any atom is 0.152 e. The third kappa shape index (κ3) is 3.11. The van der Waals surface area contributed by atoms with Crippen LogP contribution in [0.1, 0.15) is 24.3 Å². The zero-order valence-corrected chi connectivity index (χ0v) is 13.7. The molecule has 3 rings (SSSR count). The van der Waals surface area contributed by atoms with E-state index in [1.165, 1.54) is 5.56 Å². The first kappa shape index (κ1) is 14.2. The van der Waals surface area contributed by atoms with Crippen molar-refractivity contribution in [2.45, 2.75) is 24.8 Å². The predicted molar refractivity (Wildman–Crippen MR) is 87.8 cm³/mol. The third-order valence-electron chi connectivity index (χ3n) is 3.62. The van der Waals surface area contributed by atoms with Gasteiger partial charge in [0.1, 0.15) is 0 Å². The molecule has 1 aromatic heterocycles. The zero-order chi connectivity index (χ0) is 14.1. The fraction of sp³-hybridized carbons (Fsp3) is 0.267. The number of hydrogen-bond acceptors (Lipinski definition) is 2. The lowest BCUT2D eigenvalue weighted by molar-refractivity contribution is 0.374. The van der Waals surface area contributed by atoms with Crippen molar-refractivity contribution < 1.29 is 0 Å². The minimum Gasteiger partial charge on any atom is -0.380 e. The van der Waals surface area contributed by atoms with Gasteiger partial charge in [-0.15, -0.1) is 0 Å². The molecule has 1 aliphatic rings. The average Bonchev–Trinajstić information content (AvgIpc) is 2.37. The first-order valence-corrected chi connectivity index (χ1v) is 8.00.